The maximum atomic E-state index is 12.6. The van der Waals surface area contributed by atoms with Crippen LogP contribution >= 0.6 is 0 Å². The maximum absolute atomic E-state index is 12.6. The van der Waals surface area contributed by atoms with Crippen LogP contribution in [-0.2, 0) is 22.3 Å². The van der Waals surface area contributed by atoms with Gasteiger partial charge in [-0.1, -0.05) is 6.07 Å². The summed E-state index contributed by atoms with van der Waals surface area (Å²) < 4.78 is 48.3. The van der Waals surface area contributed by atoms with Crippen LogP contribution in [0, 0.1) is 0 Å². The fourth-order valence-electron chi connectivity index (χ4n) is 2.65. The third-order valence-corrected chi connectivity index (χ3v) is 4.09. The molecule has 0 unspecified atom stereocenters. The standard InChI is InChI=1S/C19H17F3N2O4/c1-12(25)24(9-13-2-7-16-17(8-13)28-11-27-16)10-18(26)23-15-5-3-14(4-6-15)19(20,21)22/h2-8H,9-11H2,1H3,(H,23,26). The first-order valence-electron chi connectivity index (χ1n) is 8.33. The molecule has 2 amide bonds. The number of benzene rings is 2. The van der Waals surface area contributed by atoms with Crippen LogP contribution in [0.2, 0.25) is 0 Å². The van der Waals surface area contributed by atoms with Gasteiger partial charge < -0.3 is 19.7 Å². The summed E-state index contributed by atoms with van der Waals surface area (Å²) >= 11 is 0. The highest BCUT2D eigenvalue weighted by atomic mass is 19.4. The molecule has 0 radical (unpaired) electrons. The van der Waals surface area contributed by atoms with E-state index in [-0.39, 0.29) is 31.5 Å². The molecule has 148 valence electrons. The lowest BCUT2D eigenvalue weighted by Crippen LogP contribution is -2.36. The summed E-state index contributed by atoms with van der Waals surface area (Å²) in [5, 5.41) is 2.49. The summed E-state index contributed by atoms with van der Waals surface area (Å²) in [6.45, 7) is 1.39. The fourth-order valence-corrected chi connectivity index (χ4v) is 2.65. The minimum Gasteiger partial charge on any atom is -0.454 e. The van der Waals surface area contributed by atoms with Crippen LogP contribution in [0.4, 0.5) is 18.9 Å². The number of halogens is 3. The van der Waals surface area contributed by atoms with Gasteiger partial charge in [-0.15, -0.1) is 0 Å². The summed E-state index contributed by atoms with van der Waals surface area (Å²) in [5.74, 6) is 0.337. The van der Waals surface area contributed by atoms with Gasteiger partial charge in [-0.2, -0.15) is 13.2 Å². The lowest BCUT2D eigenvalue weighted by atomic mass is 10.2. The number of nitrogens with zero attached hydrogens (tertiary/aromatic N) is 1. The molecule has 28 heavy (non-hydrogen) atoms. The summed E-state index contributed by atoms with van der Waals surface area (Å²) in [5.41, 5.74) is 0.157. The zero-order valence-electron chi connectivity index (χ0n) is 14.9. The Morgan fingerprint density at radius 2 is 1.75 bits per heavy atom. The lowest BCUT2D eigenvalue weighted by Gasteiger charge is -2.21. The Labute approximate surface area is 158 Å². The number of hydrogen-bond acceptors (Lipinski definition) is 4. The molecule has 0 aliphatic carbocycles. The molecule has 0 spiro atoms. The van der Waals surface area contributed by atoms with Crippen molar-refractivity contribution in [1.29, 1.82) is 0 Å². The zero-order chi connectivity index (χ0) is 20.3. The molecule has 3 rings (SSSR count). The predicted octanol–water partition coefficient (Wildman–Crippen LogP) is 3.42. The molecule has 0 fully saturated rings. The quantitative estimate of drug-likeness (QED) is 0.844. The number of alkyl halides is 3. The zero-order valence-corrected chi connectivity index (χ0v) is 14.9. The molecule has 1 N–H and O–H groups in total. The molecule has 0 atom stereocenters. The van der Waals surface area contributed by atoms with Crippen molar-refractivity contribution in [2.24, 2.45) is 0 Å². The van der Waals surface area contributed by atoms with Gasteiger partial charge in [-0.25, -0.2) is 0 Å². The van der Waals surface area contributed by atoms with Gasteiger partial charge in [0.2, 0.25) is 18.6 Å². The van der Waals surface area contributed by atoms with Crippen LogP contribution in [0.5, 0.6) is 11.5 Å². The number of hydrogen-bond donors (Lipinski definition) is 1. The smallest absolute Gasteiger partial charge is 0.416 e. The van der Waals surface area contributed by atoms with E-state index >= 15 is 0 Å². The van der Waals surface area contributed by atoms with E-state index in [1.54, 1.807) is 18.2 Å². The molecule has 6 nitrogen and oxygen atoms in total. The highest BCUT2D eigenvalue weighted by molar-refractivity contribution is 5.94. The number of fused-ring (bicyclic) bond motifs is 1. The molecule has 2 aromatic carbocycles. The Morgan fingerprint density at radius 1 is 1.07 bits per heavy atom. The first-order valence-corrected chi connectivity index (χ1v) is 8.33. The number of nitrogens with one attached hydrogen (secondary N) is 1. The van der Waals surface area contributed by atoms with Crippen molar-refractivity contribution in [2.75, 3.05) is 18.7 Å². The number of carbonyl (C=O) groups excluding carboxylic acids is 2. The van der Waals surface area contributed by atoms with Gasteiger partial charge >= 0.3 is 6.18 Å². The number of amides is 2. The van der Waals surface area contributed by atoms with Gasteiger partial charge in [0.05, 0.1) is 5.56 Å². The first-order chi connectivity index (χ1) is 13.2. The molecule has 0 saturated heterocycles. The van der Waals surface area contributed by atoms with Crippen LogP contribution in [0.1, 0.15) is 18.1 Å². The molecular formula is C19H17F3N2O4. The van der Waals surface area contributed by atoms with Gasteiger partial charge in [0.1, 0.15) is 6.54 Å². The molecular weight excluding hydrogens is 377 g/mol. The SMILES string of the molecule is CC(=O)N(CC(=O)Nc1ccc(C(F)(F)F)cc1)Cc1ccc2c(c1)OCO2. The third-order valence-electron chi connectivity index (χ3n) is 4.09. The van der Waals surface area contributed by atoms with Crippen LogP contribution in [0.15, 0.2) is 42.5 Å². The van der Waals surface area contributed by atoms with E-state index in [2.05, 4.69) is 5.32 Å². The molecule has 2 aromatic rings. The number of rotatable bonds is 5. The van der Waals surface area contributed by atoms with Crippen molar-refractivity contribution in [1.82, 2.24) is 4.90 Å². The second-order valence-corrected chi connectivity index (χ2v) is 6.19. The second kappa shape index (κ2) is 7.79. The molecule has 1 heterocycles. The van der Waals surface area contributed by atoms with Crippen LogP contribution in [0.3, 0.4) is 0 Å². The lowest BCUT2D eigenvalue weighted by molar-refractivity contribution is -0.137. The minimum absolute atomic E-state index is 0.130. The monoisotopic (exact) mass is 394 g/mol. The summed E-state index contributed by atoms with van der Waals surface area (Å²) in [7, 11) is 0. The molecule has 0 bridgehead atoms. The summed E-state index contributed by atoms with van der Waals surface area (Å²) in [6, 6.07) is 9.30. The highest BCUT2D eigenvalue weighted by Gasteiger charge is 2.30. The summed E-state index contributed by atoms with van der Waals surface area (Å²) in [4.78, 5) is 25.4. The van der Waals surface area contributed by atoms with Gasteiger partial charge in [-0.05, 0) is 42.0 Å². The fraction of sp³-hybridized carbons (Fsp3) is 0.263. The van der Waals surface area contributed by atoms with E-state index in [1.807, 2.05) is 0 Å². The molecule has 9 heteroatoms. The maximum Gasteiger partial charge on any atom is 0.416 e. The van der Waals surface area contributed by atoms with Crippen LogP contribution < -0.4 is 14.8 Å². The second-order valence-electron chi connectivity index (χ2n) is 6.19. The van der Waals surface area contributed by atoms with Crippen molar-refractivity contribution in [3.63, 3.8) is 0 Å². The van der Waals surface area contributed by atoms with Crippen molar-refractivity contribution < 1.29 is 32.2 Å². The number of anilines is 1. The Balaban J connectivity index is 1.62. The molecule has 0 aromatic heterocycles. The van der Waals surface area contributed by atoms with Gasteiger partial charge in [0, 0.05) is 19.2 Å². The topological polar surface area (TPSA) is 67.9 Å². The van der Waals surface area contributed by atoms with Gasteiger partial charge in [0.25, 0.3) is 0 Å². The van der Waals surface area contributed by atoms with E-state index < -0.39 is 17.6 Å². The van der Waals surface area contributed by atoms with E-state index in [0.29, 0.717) is 11.5 Å². The van der Waals surface area contributed by atoms with Crippen molar-refractivity contribution in [3.8, 4) is 11.5 Å². The van der Waals surface area contributed by atoms with Crippen molar-refractivity contribution in [2.45, 2.75) is 19.6 Å². The Hall–Kier alpha value is -3.23. The van der Waals surface area contributed by atoms with E-state index in [0.717, 1.165) is 29.8 Å². The van der Waals surface area contributed by atoms with Gasteiger partial charge in [-0.3, -0.25) is 9.59 Å². The van der Waals surface area contributed by atoms with Crippen LogP contribution in [-0.4, -0.2) is 30.1 Å². The minimum atomic E-state index is -4.45. The molecule has 1 aliphatic heterocycles. The normalized spacial score (nSPS) is 12.6. The number of ether oxygens (including phenoxy) is 2. The third kappa shape index (κ3) is 4.73. The largest absolute Gasteiger partial charge is 0.454 e. The average Bonchev–Trinajstić information content (AvgIpc) is 3.08. The average molecular weight is 394 g/mol. The van der Waals surface area contributed by atoms with E-state index in [4.69, 9.17) is 9.47 Å². The summed E-state index contributed by atoms with van der Waals surface area (Å²) in [6.07, 6.45) is -4.45. The Kier molecular flexibility index (Phi) is 5.43. The van der Waals surface area contributed by atoms with Crippen LogP contribution in [0.25, 0.3) is 0 Å². The van der Waals surface area contributed by atoms with Crippen molar-refractivity contribution >= 4 is 17.5 Å². The van der Waals surface area contributed by atoms with Crippen molar-refractivity contribution in [3.05, 3.63) is 53.6 Å². The Morgan fingerprint density at radius 3 is 2.39 bits per heavy atom. The first kappa shape index (κ1) is 19.5. The number of carbonyl (C=O) groups is 2. The molecule has 1 aliphatic rings. The predicted molar refractivity (Wildman–Crippen MR) is 93.7 cm³/mol. The highest BCUT2D eigenvalue weighted by Crippen LogP contribution is 2.33. The Bertz CT molecular complexity index is 882. The molecule has 0 saturated carbocycles. The van der Waals surface area contributed by atoms with Gasteiger partial charge in [0.15, 0.2) is 11.5 Å². The van der Waals surface area contributed by atoms with E-state index in [9.17, 15) is 22.8 Å². The van der Waals surface area contributed by atoms with E-state index in [1.165, 1.54) is 11.8 Å².